The summed E-state index contributed by atoms with van der Waals surface area (Å²) in [5, 5.41) is 2.60. The molecule has 8 heteroatoms. The Balaban J connectivity index is 1.78. The van der Waals surface area contributed by atoms with Gasteiger partial charge in [-0.1, -0.05) is 24.3 Å². The fourth-order valence-electron chi connectivity index (χ4n) is 2.60. The van der Waals surface area contributed by atoms with Crippen LogP contribution < -0.4 is 9.62 Å². The predicted molar refractivity (Wildman–Crippen MR) is 113 cm³/mol. The average Bonchev–Trinajstić information content (AvgIpc) is 2.72. The largest absolute Gasteiger partial charge is 0.307 e. The molecule has 29 heavy (non-hydrogen) atoms. The van der Waals surface area contributed by atoms with E-state index in [2.05, 4.69) is 15.3 Å². The van der Waals surface area contributed by atoms with Crippen LogP contribution in [0.3, 0.4) is 0 Å². The molecule has 0 spiro atoms. The molecule has 0 saturated carbocycles. The minimum absolute atomic E-state index is 0.139. The number of carbonyl (C=O) groups excluding carboxylic acids is 1. The Labute approximate surface area is 169 Å². The van der Waals surface area contributed by atoms with Gasteiger partial charge in [-0.25, -0.2) is 18.4 Å². The van der Waals surface area contributed by atoms with Crippen LogP contribution in [0.25, 0.3) is 6.08 Å². The maximum absolute atomic E-state index is 13.0. The fourth-order valence-corrected chi connectivity index (χ4v) is 3.85. The minimum Gasteiger partial charge on any atom is -0.307 e. The number of carbonyl (C=O) groups is 1. The van der Waals surface area contributed by atoms with Gasteiger partial charge in [0.15, 0.2) is 0 Å². The van der Waals surface area contributed by atoms with Crippen molar-refractivity contribution in [3.63, 3.8) is 0 Å². The zero-order chi connectivity index (χ0) is 20.9. The van der Waals surface area contributed by atoms with E-state index < -0.39 is 10.0 Å². The summed E-state index contributed by atoms with van der Waals surface area (Å²) in [5.74, 6) is -0.000373. The van der Waals surface area contributed by atoms with Gasteiger partial charge in [-0.15, -0.1) is 0 Å². The van der Waals surface area contributed by atoms with Crippen LogP contribution in [0.2, 0.25) is 0 Å². The van der Waals surface area contributed by atoms with Gasteiger partial charge in [0.2, 0.25) is 5.91 Å². The van der Waals surface area contributed by atoms with Crippen molar-refractivity contribution >= 4 is 33.5 Å². The number of rotatable bonds is 6. The van der Waals surface area contributed by atoms with E-state index in [-0.39, 0.29) is 10.8 Å². The number of aromatic nitrogens is 2. The Kier molecular flexibility index (Phi) is 6.04. The third-order valence-electron chi connectivity index (χ3n) is 4.14. The third-order valence-corrected chi connectivity index (χ3v) is 5.92. The highest BCUT2D eigenvalue weighted by molar-refractivity contribution is 7.92. The molecule has 0 atom stereocenters. The Morgan fingerprint density at radius 3 is 2.62 bits per heavy atom. The summed E-state index contributed by atoms with van der Waals surface area (Å²) in [7, 11) is -2.22. The smallest absolute Gasteiger partial charge is 0.264 e. The van der Waals surface area contributed by atoms with Gasteiger partial charge in [0.1, 0.15) is 12.1 Å². The summed E-state index contributed by atoms with van der Waals surface area (Å²) >= 11 is 0. The van der Waals surface area contributed by atoms with Crippen LogP contribution in [0.5, 0.6) is 0 Å². The minimum atomic E-state index is -3.74. The molecule has 0 aliphatic heterocycles. The highest BCUT2D eigenvalue weighted by Gasteiger charge is 2.21. The quantitative estimate of drug-likeness (QED) is 0.632. The Morgan fingerprint density at radius 1 is 1.10 bits per heavy atom. The van der Waals surface area contributed by atoms with Gasteiger partial charge in [-0.2, -0.15) is 0 Å². The highest BCUT2D eigenvalue weighted by Crippen LogP contribution is 2.23. The van der Waals surface area contributed by atoms with E-state index in [4.69, 9.17) is 0 Å². The number of amides is 1. The lowest BCUT2D eigenvalue weighted by molar-refractivity contribution is -0.111. The van der Waals surface area contributed by atoms with Crippen molar-refractivity contribution in [2.45, 2.75) is 11.8 Å². The zero-order valence-electron chi connectivity index (χ0n) is 16.0. The molecule has 0 radical (unpaired) electrons. The molecule has 1 heterocycles. The van der Waals surface area contributed by atoms with Crippen molar-refractivity contribution in [1.29, 1.82) is 0 Å². The summed E-state index contributed by atoms with van der Waals surface area (Å²) in [6.45, 7) is 1.90. The van der Waals surface area contributed by atoms with Crippen molar-refractivity contribution in [3.8, 4) is 0 Å². The zero-order valence-corrected chi connectivity index (χ0v) is 16.8. The molecular weight excluding hydrogens is 388 g/mol. The van der Waals surface area contributed by atoms with Crippen LogP contribution in [-0.4, -0.2) is 31.3 Å². The van der Waals surface area contributed by atoms with Gasteiger partial charge in [0, 0.05) is 19.3 Å². The number of nitrogens with zero attached hydrogens (tertiary/aromatic N) is 3. The second-order valence-electron chi connectivity index (χ2n) is 6.30. The third kappa shape index (κ3) is 5.05. The number of hydrogen-bond donors (Lipinski definition) is 1. The number of hydrogen-bond acceptors (Lipinski definition) is 5. The van der Waals surface area contributed by atoms with Crippen molar-refractivity contribution < 1.29 is 13.2 Å². The molecule has 0 saturated heterocycles. The second kappa shape index (κ2) is 8.66. The van der Waals surface area contributed by atoms with Crippen LogP contribution >= 0.6 is 0 Å². The summed E-state index contributed by atoms with van der Waals surface area (Å²) in [6.07, 6.45) is 5.71. The SMILES string of the molecule is Cc1cccc(N(C)S(=O)(=O)c2cccc(/C=C/C(=O)Nc3ccncn3)c2)c1. The van der Waals surface area contributed by atoms with E-state index in [1.165, 1.54) is 42.1 Å². The standard InChI is InChI=1S/C21H20N4O3S/c1-16-5-3-7-18(13-16)25(2)29(27,28)19-8-4-6-17(14-19)9-10-21(26)24-20-11-12-22-15-23-20/h3-15H,1-2H3,(H,22,23,24,26)/b10-9+. The molecule has 0 aliphatic rings. The van der Waals surface area contributed by atoms with E-state index in [1.54, 1.807) is 36.4 Å². The Morgan fingerprint density at radius 2 is 1.90 bits per heavy atom. The van der Waals surface area contributed by atoms with Crippen molar-refractivity contribution in [2.24, 2.45) is 0 Å². The molecular formula is C21H20N4O3S. The first-order chi connectivity index (χ1) is 13.9. The van der Waals surface area contributed by atoms with Crippen LogP contribution in [0, 0.1) is 6.92 Å². The number of nitrogens with one attached hydrogen (secondary N) is 1. The van der Waals surface area contributed by atoms with Crippen LogP contribution in [0.4, 0.5) is 11.5 Å². The lowest BCUT2D eigenvalue weighted by atomic mass is 10.2. The average molecular weight is 408 g/mol. The second-order valence-corrected chi connectivity index (χ2v) is 8.27. The molecule has 148 valence electrons. The van der Waals surface area contributed by atoms with E-state index in [0.717, 1.165) is 5.56 Å². The fraction of sp³-hybridized carbons (Fsp3) is 0.0952. The lowest BCUT2D eigenvalue weighted by Gasteiger charge is -2.20. The maximum Gasteiger partial charge on any atom is 0.264 e. The van der Waals surface area contributed by atoms with Gasteiger partial charge in [0.05, 0.1) is 10.6 Å². The molecule has 0 fully saturated rings. The van der Waals surface area contributed by atoms with Crippen LogP contribution in [-0.2, 0) is 14.8 Å². The molecule has 3 rings (SSSR count). The molecule has 0 aliphatic carbocycles. The molecule has 7 nitrogen and oxygen atoms in total. The molecule has 0 unspecified atom stereocenters. The first kappa shape index (κ1) is 20.2. The Hall–Kier alpha value is -3.52. The monoisotopic (exact) mass is 408 g/mol. The normalized spacial score (nSPS) is 11.4. The summed E-state index contributed by atoms with van der Waals surface area (Å²) < 4.78 is 27.2. The predicted octanol–water partition coefficient (Wildman–Crippen LogP) is 3.26. The lowest BCUT2D eigenvalue weighted by Crippen LogP contribution is -2.26. The van der Waals surface area contributed by atoms with Crippen LogP contribution in [0.15, 0.2) is 78.1 Å². The summed E-state index contributed by atoms with van der Waals surface area (Å²) in [4.78, 5) is 19.8. The van der Waals surface area contributed by atoms with Crippen LogP contribution in [0.1, 0.15) is 11.1 Å². The molecule has 0 bridgehead atoms. The van der Waals surface area contributed by atoms with Gasteiger partial charge < -0.3 is 5.32 Å². The van der Waals surface area contributed by atoms with E-state index in [0.29, 0.717) is 17.1 Å². The molecule has 1 amide bonds. The number of anilines is 2. The van der Waals surface area contributed by atoms with Crippen molar-refractivity contribution in [3.05, 3.63) is 84.3 Å². The summed E-state index contributed by atoms with van der Waals surface area (Å²) in [5.41, 5.74) is 2.13. The van der Waals surface area contributed by atoms with E-state index in [9.17, 15) is 13.2 Å². The number of aryl methyl sites for hydroxylation is 1. The van der Waals surface area contributed by atoms with E-state index in [1.807, 2.05) is 19.1 Å². The topological polar surface area (TPSA) is 92.3 Å². The van der Waals surface area contributed by atoms with Crippen molar-refractivity contribution in [1.82, 2.24) is 9.97 Å². The summed E-state index contributed by atoms with van der Waals surface area (Å²) in [6, 6.07) is 15.2. The van der Waals surface area contributed by atoms with Gasteiger partial charge in [0.25, 0.3) is 10.0 Å². The molecule has 1 aromatic heterocycles. The highest BCUT2D eigenvalue weighted by atomic mass is 32.2. The van der Waals surface area contributed by atoms with E-state index >= 15 is 0 Å². The van der Waals surface area contributed by atoms with Gasteiger partial charge >= 0.3 is 0 Å². The Bertz CT molecular complexity index is 1150. The number of benzene rings is 2. The van der Waals surface area contributed by atoms with Crippen molar-refractivity contribution in [2.75, 3.05) is 16.7 Å². The maximum atomic E-state index is 13.0. The first-order valence-corrected chi connectivity index (χ1v) is 10.2. The molecule has 1 N–H and O–H groups in total. The van der Waals surface area contributed by atoms with Gasteiger partial charge in [-0.05, 0) is 54.5 Å². The first-order valence-electron chi connectivity index (χ1n) is 8.77. The molecule has 3 aromatic rings. The van der Waals surface area contributed by atoms with Gasteiger partial charge in [-0.3, -0.25) is 9.10 Å². The number of sulfonamides is 1. The molecule has 2 aromatic carbocycles.